The number of aliphatic imine (C=N–C) groups is 1. The zero-order valence-electron chi connectivity index (χ0n) is 13.8. The normalized spacial score (nSPS) is 12.2. The molecule has 0 atom stereocenters. The van der Waals surface area contributed by atoms with Crippen LogP contribution in [0.4, 0.5) is 4.39 Å². The fourth-order valence-corrected chi connectivity index (χ4v) is 4.12. The number of halogens is 1. The van der Waals surface area contributed by atoms with E-state index in [4.69, 9.17) is 0 Å². The van der Waals surface area contributed by atoms with Crippen molar-refractivity contribution in [2.75, 3.05) is 26.7 Å². The first-order valence-electron chi connectivity index (χ1n) is 7.73. The van der Waals surface area contributed by atoms with Crippen LogP contribution in [0.3, 0.4) is 0 Å². The van der Waals surface area contributed by atoms with Crippen LogP contribution >= 0.6 is 11.3 Å². The lowest BCUT2D eigenvalue weighted by Gasteiger charge is -2.12. The second-order valence-corrected chi connectivity index (χ2v) is 8.07. The average molecular weight is 385 g/mol. The quantitative estimate of drug-likeness (QED) is 0.367. The smallest absolute Gasteiger partial charge is 0.250 e. The molecule has 1 aromatic carbocycles. The largest absolute Gasteiger partial charge is 0.356 e. The molecule has 0 aliphatic rings. The van der Waals surface area contributed by atoms with E-state index in [1.807, 2.05) is 0 Å². The minimum atomic E-state index is -3.44. The number of benzene rings is 1. The Morgan fingerprint density at radius 3 is 2.48 bits per heavy atom. The lowest BCUT2D eigenvalue weighted by Crippen LogP contribution is -2.42. The zero-order valence-corrected chi connectivity index (χ0v) is 15.5. The van der Waals surface area contributed by atoms with Gasteiger partial charge in [0.2, 0.25) is 10.0 Å². The highest BCUT2D eigenvalue weighted by atomic mass is 32.2. The molecular formula is C16H21FN4O2S2. The van der Waals surface area contributed by atoms with E-state index in [0.29, 0.717) is 23.3 Å². The first-order valence-corrected chi connectivity index (χ1v) is 10.1. The molecule has 1 aromatic heterocycles. The van der Waals surface area contributed by atoms with Gasteiger partial charge in [-0.25, -0.2) is 17.5 Å². The molecule has 0 unspecified atom stereocenters. The second-order valence-electron chi connectivity index (χ2n) is 5.13. The van der Waals surface area contributed by atoms with E-state index in [1.165, 1.54) is 23.5 Å². The van der Waals surface area contributed by atoms with E-state index in [9.17, 15) is 12.8 Å². The van der Waals surface area contributed by atoms with Crippen molar-refractivity contribution >= 4 is 27.3 Å². The van der Waals surface area contributed by atoms with Crippen molar-refractivity contribution in [2.24, 2.45) is 4.99 Å². The van der Waals surface area contributed by atoms with Crippen molar-refractivity contribution in [3.8, 4) is 0 Å². The predicted molar refractivity (Wildman–Crippen MR) is 99.0 cm³/mol. The molecule has 136 valence electrons. The molecule has 0 saturated carbocycles. The lowest BCUT2D eigenvalue weighted by atomic mass is 10.1. The van der Waals surface area contributed by atoms with Crippen LogP contribution in [0.25, 0.3) is 0 Å². The van der Waals surface area contributed by atoms with E-state index in [0.717, 1.165) is 12.0 Å². The monoisotopic (exact) mass is 384 g/mol. The third-order valence-electron chi connectivity index (χ3n) is 3.31. The summed E-state index contributed by atoms with van der Waals surface area (Å²) in [6.45, 7) is 1.28. The van der Waals surface area contributed by atoms with Crippen molar-refractivity contribution in [1.29, 1.82) is 0 Å². The Morgan fingerprint density at radius 2 is 1.84 bits per heavy atom. The van der Waals surface area contributed by atoms with Crippen LogP contribution in [0, 0.1) is 5.82 Å². The predicted octanol–water partition coefficient (Wildman–Crippen LogP) is 1.57. The fourth-order valence-electron chi connectivity index (χ4n) is 2.05. The van der Waals surface area contributed by atoms with Gasteiger partial charge in [0.05, 0.1) is 0 Å². The van der Waals surface area contributed by atoms with Crippen LogP contribution in [0.5, 0.6) is 0 Å². The lowest BCUT2D eigenvalue weighted by molar-refractivity contribution is 0.582. The second kappa shape index (κ2) is 9.50. The number of sulfonamides is 1. The topological polar surface area (TPSA) is 82.6 Å². The molecule has 0 fully saturated rings. The number of nitrogens with one attached hydrogen (secondary N) is 3. The van der Waals surface area contributed by atoms with Gasteiger partial charge in [-0.15, -0.1) is 11.3 Å². The van der Waals surface area contributed by atoms with Crippen LogP contribution < -0.4 is 15.4 Å². The number of nitrogens with zero attached hydrogens (tertiary/aromatic N) is 1. The Labute approximate surface area is 151 Å². The van der Waals surface area contributed by atoms with Gasteiger partial charge in [0.15, 0.2) is 5.96 Å². The van der Waals surface area contributed by atoms with Gasteiger partial charge in [-0.2, -0.15) is 0 Å². The molecule has 6 nitrogen and oxygen atoms in total. The Morgan fingerprint density at radius 1 is 1.12 bits per heavy atom. The maximum atomic E-state index is 12.8. The van der Waals surface area contributed by atoms with Crippen molar-refractivity contribution in [1.82, 2.24) is 15.4 Å². The molecule has 9 heteroatoms. The van der Waals surface area contributed by atoms with Gasteiger partial charge in [0.25, 0.3) is 0 Å². The maximum Gasteiger partial charge on any atom is 0.250 e. The molecule has 3 N–H and O–H groups in total. The van der Waals surface area contributed by atoms with Gasteiger partial charge in [0, 0.05) is 26.7 Å². The number of rotatable bonds is 8. The van der Waals surface area contributed by atoms with E-state index >= 15 is 0 Å². The number of guanidine groups is 1. The first-order chi connectivity index (χ1) is 12.0. The van der Waals surface area contributed by atoms with Gasteiger partial charge in [-0.05, 0) is 35.6 Å². The summed E-state index contributed by atoms with van der Waals surface area (Å²) >= 11 is 1.18. The zero-order chi connectivity index (χ0) is 18.1. The molecule has 2 aromatic rings. The van der Waals surface area contributed by atoms with Crippen molar-refractivity contribution in [3.63, 3.8) is 0 Å². The summed E-state index contributed by atoms with van der Waals surface area (Å²) in [4.78, 5) is 4.08. The molecule has 2 rings (SSSR count). The van der Waals surface area contributed by atoms with Gasteiger partial charge >= 0.3 is 0 Å². The molecule has 0 radical (unpaired) electrons. The van der Waals surface area contributed by atoms with Crippen molar-refractivity contribution < 1.29 is 12.8 Å². The molecular weight excluding hydrogens is 363 g/mol. The highest BCUT2D eigenvalue weighted by Crippen LogP contribution is 2.14. The van der Waals surface area contributed by atoms with Gasteiger partial charge < -0.3 is 10.6 Å². The van der Waals surface area contributed by atoms with Crippen LogP contribution in [0.1, 0.15) is 5.56 Å². The Kier molecular flexibility index (Phi) is 7.35. The molecule has 0 bridgehead atoms. The van der Waals surface area contributed by atoms with E-state index in [1.54, 1.807) is 36.7 Å². The summed E-state index contributed by atoms with van der Waals surface area (Å²) in [5, 5.41) is 7.89. The van der Waals surface area contributed by atoms with Crippen LogP contribution in [-0.2, 0) is 16.4 Å². The molecule has 0 aliphatic carbocycles. The van der Waals surface area contributed by atoms with Crippen LogP contribution in [0.2, 0.25) is 0 Å². The molecule has 0 amide bonds. The van der Waals surface area contributed by atoms with Crippen LogP contribution in [0.15, 0.2) is 51.0 Å². The Balaban J connectivity index is 1.67. The van der Waals surface area contributed by atoms with Gasteiger partial charge in [-0.3, -0.25) is 4.99 Å². The van der Waals surface area contributed by atoms with Crippen LogP contribution in [-0.4, -0.2) is 41.1 Å². The summed E-state index contributed by atoms with van der Waals surface area (Å²) in [5.74, 6) is 0.330. The maximum absolute atomic E-state index is 12.8. The summed E-state index contributed by atoms with van der Waals surface area (Å²) in [5.41, 5.74) is 1.02. The third kappa shape index (κ3) is 6.45. The molecule has 0 spiro atoms. The summed E-state index contributed by atoms with van der Waals surface area (Å²) in [6.07, 6.45) is 0.728. The molecule has 0 aliphatic heterocycles. The molecule has 25 heavy (non-hydrogen) atoms. The SMILES string of the molecule is CN=C(NCCNS(=O)(=O)c1cccs1)NCCc1ccc(F)cc1. The van der Waals surface area contributed by atoms with Gasteiger partial charge in [0.1, 0.15) is 10.0 Å². The Hall–Kier alpha value is -1.97. The minimum absolute atomic E-state index is 0.249. The standard InChI is InChI=1S/C16H21FN4O2S2/c1-18-16(19-9-8-13-4-6-14(17)7-5-13)20-10-11-21-25(22,23)15-3-2-12-24-15/h2-7,12,21H,8-11H2,1H3,(H2,18,19,20). The summed E-state index contributed by atoms with van der Waals surface area (Å²) in [6, 6.07) is 9.62. The third-order valence-corrected chi connectivity index (χ3v) is 6.17. The summed E-state index contributed by atoms with van der Waals surface area (Å²) < 4.78 is 39.6. The fraction of sp³-hybridized carbons (Fsp3) is 0.312. The van der Waals surface area contributed by atoms with Gasteiger partial charge in [-0.1, -0.05) is 18.2 Å². The number of hydrogen-bond acceptors (Lipinski definition) is 4. The first kappa shape index (κ1) is 19.4. The number of hydrogen-bond donors (Lipinski definition) is 3. The minimum Gasteiger partial charge on any atom is -0.356 e. The number of thiophene rings is 1. The van der Waals surface area contributed by atoms with Crippen molar-refractivity contribution in [2.45, 2.75) is 10.6 Å². The molecule has 1 heterocycles. The van der Waals surface area contributed by atoms with E-state index < -0.39 is 10.0 Å². The molecule has 0 saturated heterocycles. The van der Waals surface area contributed by atoms with Crippen molar-refractivity contribution in [3.05, 3.63) is 53.2 Å². The van der Waals surface area contributed by atoms with E-state index in [2.05, 4.69) is 20.3 Å². The highest BCUT2D eigenvalue weighted by molar-refractivity contribution is 7.91. The Bertz CT molecular complexity index is 775. The highest BCUT2D eigenvalue weighted by Gasteiger charge is 2.13. The summed E-state index contributed by atoms with van der Waals surface area (Å²) in [7, 11) is -1.80. The average Bonchev–Trinajstić information content (AvgIpc) is 3.14. The van der Waals surface area contributed by atoms with E-state index in [-0.39, 0.29) is 12.4 Å².